The van der Waals surface area contributed by atoms with E-state index in [2.05, 4.69) is 36.5 Å². The molecule has 4 nitrogen and oxygen atoms in total. The van der Waals surface area contributed by atoms with Crippen molar-refractivity contribution in [2.75, 3.05) is 12.3 Å². The van der Waals surface area contributed by atoms with Gasteiger partial charge in [0.1, 0.15) is 0 Å². The van der Waals surface area contributed by atoms with Gasteiger partial charge in [-0.25, -0.2) is 0 Å². The molecule has 0 aromatic heterocycles. The number of anilines is 1. The number of rotatable bonds is 4. The van der Waals surface area contributed by atoms with Gasteiger partial charge in [0.15, 0.2) is 0 Å². The average Bonchev–Trinajstić information content (AvgIpc) is 3.01. The van der Waals surface area contributed by atoms with Crippen molar-refractivity contribution >= 4 is 11.6 Å². The van der Waals surface area contributed by atoms with Gasteiger partial charge >= 0.3 is 0 Å². The van der Waals surface area contributed by atoms with Crippen molar-refractivity contribution in [1.29, 1.82) is 0 Å². The second-order valence-corrected chi connectivity index (χ2v) is 6.54. The zero-order valence-corrected chi connectivity index (χ0v) is 14.2. The summed E-state index contributed by atoms with van der Waals surface area (Å²) in [6, 6.07) is 13.9. The SMILES string of the molecule is Cc1cccc(C2CCC(CNC(=O)c3ccc(C)cc3N)O2)c1. The lowest BCUT2D eigenvalue weighted by atomic mass is 10.0. The molecule has 1 aliphatic heterocycles. The van der Waals surface area contributed by atoms with Crippen LogP contribution in [0.15, 0.2) is 42.5 Å². The van der Waals surface area contributed by atoms with E-state index in [4.69, 9.17) is 10.5 Å². The van der Waals surface area contributed by atoms with Crippen molar-refractivity contribution in [1.82, 2.24) is 5.32 Å². The lowest BCUT2D eigenvalue weighted by molar-refractivity contribution is 0.0435. The minimum absolute atomic E-state index is 0.0473. The molecule has 2 aromatic carbocycles. The lowest BCUT2D eigenvalue weighted by Crippen LogP contribution is -2.32. The number of benzene rings is 2. The number of carbonyl (C=O) groups excluding carboxylic acids is 1. The number of nitrogen functional groups attached to an aromatic ring is 1. The summed E-state index contributed by atoms with van der Waals surface area (Å²) in [6.45, 7) is 4.55. The maximum atomic E-state index is 12.3. The minimum Gasteiger partial charge on any atom is -0.398 e. The molecule has 3 N–H and O–H groups in total. The van der Waals surface area contributed by atoms with E-state index in [1.807, 2.05) is 19.1 Å². The van der Waals surface area contributed by atoms with Gasteiger partial charge in [-0.3, -0.25) is 4.79 Å². The molecule has 1 fully saturated rings. The van der Waals surface area contributed by atoms with Gasteiger partial charge in [0.25, 0.3) is 5.91 Å². The summed E-state index contributed by atoms with van der Waals surface area (Å²) < 4.78 is 6.09. The fraction of sp³-hybridized carbons (Fsp3) is 0.350. The van der Waals surface area contributed by atoms with E-state index < -0.39 is 0 Å². The molecule has 2 aromatic rings. The number of nitrogens with two attached hydrogens (primary N) is 1. The predicted octanol–water partition coefficient (Wildman–Crippen LogP) is 3.54. The molecule has 126 valence electrons. The molecule has 4 heteroatoms. The van der Waals surface area contributed by atoms with Gasteiger partial charge in [0.2, 0.25) is 0 Å². The molecule has 0 bridgehead atoms. The number of hydrogen-bond acceptors (Lipinski definition) is 3. The highest BCUT2D eigenvalue weighted by Crippen LogP contribution is 2.32. The van der Waals surface area contributed by atoms with Gasteiger partial charge in [0, 0.05) is 12.2 Å². The molecule has 3 rings (SSSR count). The van der Waals surface area contributed by atoms with Crippen molar-refractivity contribution in [2.45, 2.75) is 38.9 Å². The third-order valence-corrected chi connectivity index (χ3v) is 4.46. The highest BCUT2D eigenvalue weighted by Gasteiger charge is 2.27. The third-order valence-electron chi connectivity index (χ3n) is 4.46. The molecular weight excluding hydrogens is 300 g/mol. The first kappa shape index (κ1) is 16.5. The van der Waals surface area contributed by atoms with Crippen molar-refractivity contribution < 1.29 is 9.53 Å². The van der Waals surface area contributed by atoms with Crippen LogP contribution in [0.3, 0.4) is 0 Å². The van der Waals surface area contributed by atoms with Crippen LogP contribution in [0, 0.1) is 13.8 Å². The summed E-state index contributed by atoms with van der Waals surface area (Å²) in [5.74, 6) is -0.143. The van der Waals surface area contributed by atoms with E-state index in [0.717, 1.165) is 18.4 Å². The van der Waals surface area contributed by atoms with E-state index in [1.165, 1.54) is 11.1 Å². The highest BCUT2D eigenvalue weighted by atomic mass is 16.5. The zero-order valence-electron chi connectivity index (χ0n) is 14.2. The van der Waals surface area contributed by atoms with Crippen LogP contribution >= 0.6 is 0 Å². The molecular formula is C20H24N2O2. The highest BCUT2D eigenvalue weighted by molar-refractivity contribution is 5.99. The van der Waals surface area contributed by atoms with E-state index >= 15 is 0 Å². The van der Waals surface area contributed by atoms with Crippen molar-refractivity contribution in [3.63, 3.8) is 0 Å². The van der Waals surface area contributed by atoms with Gasteiger partial charge in [-0.15, -0.1) is 0 Å². The Bertz CT molecular complexity index is 742. The summed E-state index contributed by atoms with van der Waals surface area (Å²) in [5.41, 5.74) is 10.5. The Morgan fingerprint density at radius 3 is 2.71 bits per heavy atom. The normalized spacial score (nSPS) is 20.1. The Labute approximate surface area is 143 Å². The Morgan fingerprint density at radius 2 is 1.96 bits per heavy atom. The number of amides is 1. The summed E-state index contributed by atoms with van der Waals surface area (Å²) in [6.07, 6.45) is 2.10. The summed E-state index contributed by atoms with van der Waals surface area (Å²) >= 11 is 0. The molecule has 1 amide bonds. The maximum Gasteiger partial charge on any atom is 0.253 e. The first-order chi connectivity index (χ1) is 11.5. The van der Waals surface area contributed by atoms with Gasteiger partial charge in [-0.1, -0.05) is 35.9 Å². The number of hydrogen-bond donors (Lipinski definition) is 2. The molecule has 1 saturated heterocycles. The fourth-order valence-corrected chi connectivity index (χ4v) is 3.16. The molecule has 0 aliphatic carbocycles. The van der Waals surface area contributed by atoms with Crippen LogP contribution in [-0.4, -0.2) is 18.6 Å². The topological polar surface area (TPSA) is 64.4 Å². The van der Waals surface area contributed by atoms with Gasteiger partial charge in [-0.2, -0.15) is 0 Å². The number of aryl methyl sites for hydroxylation is 2. The quantitative estimate of drug-likeness (QED) is 0.846. The molecule has 1 aliphatic rings. The van der Waals surface area contributed by atoms with Gasteiger partial charge in [0.05, 0.1) is 17.8 Å². The summed E-state index contributed by atoms with van der Waals surface area (Å²) in [4.78, 5) is 12.3. The summed E-state index contributed by atoms with van der Waals surface area (Å²) in [7, 11) is 0. The first-order valence-corrected chi connectivity index (χ1v) is 8.39. The van der Waals surface area contributed by atoms with Crippen LogP contribution in [0.1, 0.15) is 46.0 Å². The number of nitrogens with one attached hydrogen (secondary N) is 1. The van der Waals surface area contributed by atoms with Crippen molar-refractivity contribution in [3.8, 4) is 0 Å². The van der Waals surface area contributed by atoms with E-state index in [-0.39, 0.29) is 18.1 Å². The van der Waals surface area contributed by atoms with E-state index in [9.17, 15) is 4.79 Å². The van der Waals surface area contributed by atoms with Gasteiger partial charge in [-0.05, 0) is 49.9 Å². The second kappa shape index (κ2) is 7.05. The number of ether oxygens (including phenoxy) is 1. The Kier molecular flexibility index (Phi) is 4.86. The minimum atomic E-state index is -0.143. The van der Waals surface area contributed by atoms with Crippen molar-refractivity contribution in [2.24, 2.45) is 0 Å². The largest absolute Gasteiger partial charge is 0.398 e. The van der Waals surface area contributed by atoms with E-state index in [1.54, 1.807) is 6.07 Å². The predicted molar refractivity (Wildman–Crippen MR) is 96.0 cm³/mol. The van der Waals surface area contributed by atoms with Gasteiger partial charge < -0.3 is 15.8 Å². The lowest BCUT2D eigenvalue weighted by Gasteiger charge is -2.15. The Hall–Kier alpha value is -2.33. The van der Waals surface area contributed by atoms with Crippen LogP contribution in [0.2, 0.25) is 0 Å². The molecule has 0 saturated carbocycles. The monoisotopic (exact) mass is 324 g/mol. The van der Waals surface area contributed by atoms with E-state index in [0.29, 0.717) is 17.8 Å². The smallest absolute Gasteiger partial charge is 0.253 e. The Morgan fingerprint density at radius 1 is 1.17 bits per heavy atom. The third kappa shape index (κ3) is 3.77. The molecule has 0 radical (unpaired) electrons. The zero-order chi connectivity index (χ0) is 17.1. The van der Waals surface area contributed by atoms with Crippen LogP contribution < -0.4 is 11.1 Å². The molecule has 2 unspecified atom stereocenters. The second-order valence-electron chi connectivity index (χ2n) is 6.54. The molecule has 0 spiro atoms. The maximum absolute atomic E-state index is 12.3. The standard InChI is InChI=1S/C20H24N2O2/c1-13-4-3-5-15(10-13)19-9-7-16(24-19)12-22-20(23)17-8-6-14(2)11-18(17)21/h3-6,8,10-11,16,19H,7,9,12,21H2,1-2H3,(H,22,23). The molecule has 1 heterocycles. The van der Waals surface area contributed by atoms with Crippen LogP contribution in [-0.2, 0) is 4.74 Å². The van der Waals surface area contributed by atoms with Crippen LogP contribution in [0.25, 0.3) is 0 Å². The summed E-state index contributed by atoms with van der Waals surface area (Å²) in [5, 5.41) is 2.94. The molecule has 2 atom stereocenters. The average molecular weight is 324 g/mol. The first-order valence-electron chi connectivity index (χ1n) is 8.39. The van der Waals surface area contributed by atoms with Crippen LogP contribution in [0.5, 0.6) is 0 Å². The fourth-order valence-electron chi connectivity index (χ4n) is 3.16. The van der Waals surface area contributed by atoms with Crippen LogP contribution in [0.4, 0.5) is 5.69 Å². The number of carbonyl (C=O) groups is 1. The Balaban J connectivity index is 1.55. The molecule has 24 heavy (non-hydrogen) atoms. The van der Waals surface area contributed by atoms with Crippen molar-refractivity contribution in [3.05, 3.63) is 64.7 Å².